The molecular formula is C11H13NO2. The zero-order chi connectivity index (χ0) is 10.7. The monoisotopic (exact) mass is 191 g/mol. The fourth-order valence-electron chi connectivity index (χ4n) is 1.16. The van der Waals surface area contributed by atoms with Crippen molar-refractivity contribution in [3.8, 4) is 0 Å². The lowest BCUT2D eigenvalue weighted by atomic mass is 9.99. The number of primary amides is 1. The molecule has 0 saturated heterocycles. The van der Waals surface area contributed by atoms with Crippen LogP contribution in [0, 0.1) is 5.92 Å². The molecule has 3 nitrogen and oxygen atoms in total. The molecule has 0 aliphatic carbocycles. The van der Waals surface area contributed by atoms with Gasteiger partial charge in [-0.25, -0.2) is 0 Å². The summed E-state index contributed by atoms with van der Waals surface area (Å²) in [5.74, 6) is -0.561. The quantitative estimate of drug-likeness (QED) is 0.738. The van der Waals surface area contributed by atoms with E-state index in [1.165, 1.54) is 6.07 Å². The van der Waals surface area contributed by atoms with Crippen LogP contribution in [0.25, 0.3) is 0 Å². The van der Waals surface area contributed by atoms with Gasteiger partial charge in [0.15, 0.2) is 5.78 Å². The topological polar surface area (TPSA) is 60.2 Å². The number of Topliss-reactive ketones (excluding diaryl/α,β-unsaturated/α-hetero) is 1. The molecular weight excluding hydrogens is 178 g/mol. The third-order valence-corrected chi connectivity index (χ3v) is 1.96. The molecule has 0 fully saturated rings. The first-order valence-corrected chi connectivity index (χ1v) is 4.46. The number of hydrogen-bond acceptors (Lipinski definition) is 2. The minimum atomic E-state index is -0.511. The van der Waals surface area contributed by atoms with E-state index in [1.54, 1.807) is 18.2 Å². The molecule has 1 aromatic rings. The first-order chi connectivity index (χ1) is 6.52. The van der Waals surface area contributed by atoms with E-state index in [0.29, 0.717) is 11.1 Å². The van der Waals surface area contributed by atoms with Crippen molar-refractivity contribution in [3.05, 3.63) is 35.4 Å². The molecule has 0 bridgehead atoms. The maximum Gasteiger partial charge on any atom is 0.248 e. The summed E-state index contributed by atoms with van der Waals surface area (Å²) in [4.78, 5) is 22.4. The number of carbonyl (C=O) groups excluding carboxylic acids is 2. The van der Waals surface area contributed by atoms with Crippen LogP contribution < -0.4 is 5.73 Å². The van der Waals surface area contributed by atoms with Crippen molar-refractivity contribution in [2.45, 2.75) is 13.8 Å². The normalized spacial score (nSPS) is 10.2. The summed E-state index contributed by atoms with van der Waals surface area (Å²) in [5.41, 5.74) is 6.02. The molecule has 0 heterocycles. The van der Waals surface area contributed by atoms with E-state index in [-0.39, 0.29) is 11.7 Å². The van der Waals surface area contributed by atoms with Crippen LogP contribution in [0.15, 0.2) is 24.3 Å². The average molecular weight is 191 g/mol. The van der Waals surface area contributed by atoms with E-state index < -0.39 is 5.91 Å². The molecule has 3 heteroatoms. The fraction of sp³-hybridized carbons (Fsp3) is 0.273. The minimum Gasteiger partial charge on any atom is -0.366 e. The summed E-state index contributed by atoms with van der Waals surface area (Å²) in [7, 11) is 0. The Hall–Kier alpha value is -1.64. The Balaban J connectivity index is 3.06. The second-order valence-electron chi connectivity index (χ2n) is 3.46. The molecule has 1 aromatic carbocycles. The average Bonchev–Trinajstić information content (AvgIpc) is 2.16. The van der Waals surface area contributed by atoms with Gasteiger partial charge in [0.1, 0.15) is 0 Å². The summed E-state index contributed by atoms with van der Waals surface area (Å²) in [5, 5.41) is 0. The summed E-state index contributed by atoms with van der Waals surface area (Å²) in [6.07, 6.45) is 0. The van der Waals surface area contributed by atoms with Crippen molar-refractivity contribution in [2.75, 3.05) is 0 Å². The Morgan fingerprint density at radius 1 is 1.21 bits per heavy atom. The van der Waals surface area contributed by atoms with Crippen LogP contribution in [0.3, 0.4) is 0 Å². The third kappa shape index (κ3) is 2.19. The summed E-state index contributed by atoms with van der Waals surface area (Å²) >= 11 is 0. The van der Waals surface area contributed by atoms with Crippen LogP contribution in [0.1, 0.15) is 34.6 Å². The van der Waals surface area contributed by atoms with E-state index in [4.69, 9.17) is 5.73 Å². The molecule has 0 unspecified atom stereocenters. The van der Waals surface area contributed by atoms with Crippen LogP contribution >= 0.6 is 0 Å². The standard InChI is InChI=1S/C11H13NO2/c1-7(2)10(13)8-4-3-5-9(6-8)11(12)14/h3-7H,1-2H3,(H2,12,14). The number of rotatable bonds is 3. The highest BCUT2D eigenvalue weighted by Gasteiger charge is 2.11. The highest BCUT2D eigenvalue weighted by Crippen LogP contribution is 2.10. The number of hydrogen-bond donors (Lipinski definition) is 1. The maximum absolute atomic E-state index is 11.6. The second kappa shape index (κ2) is 4.05. The summed E-state index contributed by atoms with van der Waals surface area (Å²) < 4.78 is 0. The molecule has 0 aliphatic rings. The van der Waals surface area contributed by atoms with Gasteiger partial charge in [-0.05, 0) is 12.1 Å². The molecule has 0 radical (unpaired) electrons. The molecule has 1 amide bonds. The summed E-state index contributed by atoms with van der Waals surface area (Å²) in [6.45, 7) is 3.64. The van der Waals surface area contributed by atoms with Crippen molar-refractivity contribution in [2.24, 2.45) is 11.7 Å². The van der Waals surface area contributed by atoms with Crippen molar-refractivity contribution >= 4 is 11.7 Å². The minimum absolute atomic E-state index is 0.0214. The number of ketones is 1. The number of nitrogens with two attached hydrogens (primary N) is 1. The highest BCUT2D eigenvalue weighted by molar-refractivity contribution is 6.00. The van der Waals surface area contributed by atoms with Gasteiger partial charge in [0.05, 0.1) is 0 Å². The first kappa shape index (κ1) is 10.4. The Labute approximate surface area is 82.9 Å². The van der Waals surface area contributed by atoms with E-state index >= 15 is 0 Å². The lowest BCUT2D eigenvalue weighted by Crippen LogP contribution is -2.13. The van der Waals surface area contributed by atoms with Crippen LogP contribution in [0.5, 0.6) is 0 Å². The van der Waals surface area contributed by atoms with E-state index in [0.717, 1.165) is 0 Å². The van der Waals surface area contributed by atoms with Gasteiger partial charge in [-0.3, -0.25) is 9.59 Å². The van der Waals surface area contributed by atoms with Crippen LogP contribution in [-0.4, -0.2) is 11.7 Å². The Kier molecular flexibility index (Phi) is 3.02. The van der Waals surface area contributed by atoms with Crippen LogP contribution in [-0.2, 0) is 0 Å². The van der Waals surface area contributed by atoms with Crippen molar-refractivity contribution in [3.63, 3.8) is 0 Å². The van der Waals surface area contributed by atoms with E-state index in [1.807, 2.05) is 13.8 Å². The van der Waals surface area contributed by atoms with E-state index in [2.05, 4.69) is 0 Å². The van der Waals surface area contributed by atoms with Gasteiger partial charge >= 0.3 is 0 Å². The Morgan fingerprint density at radius 3 is 2.29 bits per heavy atom. The Morgan fingerprint density at radius 2 is 1.79 bits per heavy atom. The van der Waals surface area contributed by atoms with E-state index in [9.17, 15) is 9.59 Å². The third-order valence-electron chi connectivity index (χ3n) is 1.96. The molecule has 0 atom stereocenters. The van der Waals surface area contributed by atoms with Crippen molar-refractivity contribution in [1.29, 1.82) is 0 Å². The van der Waals surface area contributed by atoms with Crippen molar-refractivity contribution in [1.82, 2.24) is 0 Å². The van der Waals surface area contributed by atoms with Gasteiger partial charge in [-0.2, -0.15) is 0 Å². The van der Waals surface area contributed by atoms with Gasteiger partial charge in [-0.15, -0.1) is 0 Å². The molecule has 1 rings (SSSR count). The highest BCUT2D eigenvalue weighted by atomic mass is 16.1. The first-order valence-electron chi connectivity index (χ1n) is 4.46. The van der Waals surface area contributed by atoms with Gasteiger partial charge in [0.2, 0.25) is 5.91 Å². The largest absolute Gasteiger partial charge is 0.366 e. The fourth-order valence-corrected chi connectivity index (χ4v) is 1.16. The van der Waals surface area contributed by atoms with Crippen LogP contribution in [0.2, 0.25) is 0 Å². The number of carbonyl (C=O) groups is 2. The molecule has 74 valence electrons. The molecule has 0 aromatic heterocycles. The zero-order valence-electron chi connectivity index (χ0n) is 8.28. The predicted octanol–water partition coefficient (Wildman–Crippen LogP) is 1.62. The molecule has 2 N–H and O–H groups in total. The van der Waals surface area contributed by atoms with Gasteiger partial charge in [0, 0.05) is 17.0 Å². The molecule has 0 saturated carbocycles. The molecule has 14 heavy (non-hydrogen) atoms. The van der Waals surface area contributed by atoms with Gasteiger partial charge < -0.3 is 5.73 Å². The Bertz CT molecular complexity index is 369. The SMILES string of the molecule is CC(C)C(=O)c1cccc(C(N)=O)c1. The predicted molar refractivity (Wildman–Crippen MR) is 54.1 cm³/mol. The summed E-state index contributed by atoms with van der Waals surface area (Å²) in [6, 6.07) is 6.48. The zero-order valence-corrected chi connectivity index (χ0v) is 8.28. The number of amides is 1. The van der Waals surface area contributed by atoms with Gasteiger partial charge in [0.25, 0.3) is 0 Å². The number of benzene rings is 1. The molecule has 0 aliphatic heterocycles. The lowest BCUT2D eigenvalue weighted by molar-refractivity contribution is 0.0939. The van der Waals surface area contributed by atoms with Crippen LogP contribution in [0.4, 0.5) is 0 Å². The van der Waals surface area contributed by atoms with Gasteiger partial charge in [-0.1, -0.05) is 26.0 Å². The van der Waals surface area contributed by atoms with Crippen molar-refractivity contribution < 1.29 is 9.59 Å². The lowest BCUT2D eigenvalue weighted by Gasteiger charge is -2.04. The maximum atomic E-state index is 11.6. The molecule has 0 spiro atoms. The smallest absolute Gasteiger partial charge is 0.248 e. The second-order valence-corrected chi connectivity index (χ2v) is 3.46.